The molecule has 0 spiro atoms. The average Bonchev–Trinajstić information content (AvgIpc) is 2.62. The maximum atomic E-state index is 12.5. The highest BCUT2D eigenvalue weighted by Crippen LogP contribution is 2.16. The van der Waals surface area contributed by atoms with E-state index in [-0.39, 0.29) is 30.7 Å². The van der Waals surface area contributed by atoms with E-state index >= 15 is 0 Å². The third-order valence-electron chi connectivity index (χ3n) is 3.85. The number of rotatable bonds is 3. The van der Waals surface area contributed by atoms with Gasteiger partial charge in [0.1, 0.15) is 6.04 Å². The van der Waals surface area contributed by atoms with Crippen LogP contribution in [0.2, 0.25) is 0 Å². The van der Waals surface area contributed by atoms with E-state index in [0.29, 0.717) is 19.0 Å². The lowest BCUT2D eigenvalue weighted by molar-refractivity contribution is -0.133. The van der Waals surface area contributed by atoms with Crippen molar-refractivity contribution in [3.05, 3.63) is 54.4 Å². The van der Waals surface area contributed by atoms with Crippen molar-refractivity contribution in [2.45, 2.75) is 6.04 Å². The normalized spacial score (nSPS) is 15.0. The van der Waals surface area contributed by atoms with E-state index in [0.717, 1.165) is 18.7 Å². The first-order chi connectivity index (χ1) is 10.8. The molecule has 1 aliphatic rings. The Bertz CT molecular complexity index is 621. The van der Waals surface area contributed by atoms with Crippen molar-refractivity contribution in [1.82, 2.24) is 14.9 Å². The Balaban J connectivity index is 0.00000144. The van der Waals surface area contributed by atoms with E-state index in [1.54, 1.807) is 18.5 Å². The van der Waals surface area contributed by atoms with Crippen molar-refractivity contribution >= 4 is 36.7 Å². The van der Waals surface area contributed by atoms with Crippen LogP contribution in [-0.2, 0) is 4.79 Å². The van der Waals surface area contributed by atoms with Gasteiger partial charge in [-0.1, -0.05) is 30.3 Å². The van der Waals surface area contributed by atoms with Crippen LogP contribution in [0.1, 0.15) is 11.6 Å². The number of amides is 1. The summed E-state index contributed by atoms with van der Waals surface area (Å²) in [5.41, 5.74) is 6.93. The van der Waals surface area contributed by atoms with Crippen molar-refractivity contribution in [1.29, 1.82) is 0 Å². The second kappa shape index (κ2) is 9.42. The number of nitrogens with two attached hydrogens (primary N) is 1. The van der Waals surface area contributed by atoms with E-state index in [1.807, 2.05) is 35.2 Å². The lowest BCUT2D eigenvalue weighted by atomic mass is 10.1. The van der Waals surface area contributed by atoms with Crippen molar-refractivity contribution in [2.75, 3.05) is 31.1 Å². The maximum Gasteiger partial charge on any atom is 0.244 e. The SMILES string of the molecule is Cl.Cl.NC(C(=O)N1CCN(c2ncccn2)CC1)c1ccccc1. The largest absolute Gasteiger partial charge is 0.337 e. The number of hydrogen-bond acceptors (Lipinski definition) is 5. The standard InChI is InChI=1S/C16H19N5O.2ClH/c17-14(13-5-2-1-3-6-13)15(22)20-9-11-21(12-10-20)16-18-7-4-8-19-16;;/h1-8,14H,9-12,17H2;2*1H. The number of hydrogen-bond donors (Lipinski definition) is 1. The Morgan fingerprint density at radius 1 is 0.958 bits per heavy atom. The predicted molar refractivity (Wildman–Crippen MR) is 98.7 cm³/mol. The molecular formula is C16H21Cl2N5O. The Kier molecular flexibility index (Phi) is 7.91. The van der Waals surface area contributed by atoms with Crippen LogP contribution >= 0.6 is 24.8 Å². The fourth-order valence-corrected chi connectivity index (χ4v) is 2.58. The van der Waals surface area contributed by atoms with Crippen LogP contribution in [0.25, 0.3) is 0 Å². The predicted octanol–water partition coefficient (Wildman–Crippen LogP) is 1.67. The number of benzene rings is 1. The summed E-state index contributed by atoms with van der Waals surface area (Å²) >= 11 is 0. The van der Waals surface area contributed by atoms with Crippen LogP contribution in [0.15, 0.2) is 48.8 Å². The lowest BCUT2D eigenvalue weighted by Crippen LogP contribution is -2.51. The molecule has 0 radical (unpaired) electrons. The molecule has 1 fully saturated rings. The van der Waals surface area contributed by atoms with Crippen LogP contribution < -0.4 is 10.6 Å². The summed E-state index contributed by atoms with van der Waals surface area (Å²) in [6.45, 7) is 2.71. The first-order valence-corrected chi connectivity index (χ1v) is 7.37. The molecule has 1 aromatic carbocycles. The molecule has 1 atom stereocenters. The number of halogens is 2. The zero-order valence-electron chi connectivity index (χ0n) is 13.1. The van der Waals surface area contributed by atoms with Gasteiger partial charge in [0.15, 0.2) is 0 Å². The number of aromatic nitrogens is 2. The van der Waals surface area contributed by atoms with Crippen molar-refractivity contribution in [3.8, 4) is 0 Å². The number of nitrogens with zero attached hydrogens (tertiary/aromatic N) is 4. The highest BCUT2D eigenvalue weighted by molar-refractivity contribution is 5.85. The van der Waals surface area contributed by atoms with Crippen LogP contribution in [0.3, 0.4) is 0 Å². The molecule has 0 aliphatic carbocycles. The second-order valence-corrected chi connectivity index (χ2v) is 5.25. The molecule has 1 unspecified atom stereocenters. The van der Waals surface area contributed by atoms with Crippen molar-refractivity contribution in [3.63, 3.8) is 0 Å². The fraction of sp³-hybridized carbons (Fsp3) is 0.312. The quantitative estimate of drug-likeness (QED) is 0.890. The molecule has 1 amide bonds. The van der Waals surface area contributed by atoms with Gasteiger partial charge >= 0.3 is 0 Å². The molecule has 130 valence electrons. The van der Waals surface area contributed by atoms with Gasteiger partial charge in [-0.2, -0.15) is 0 Å². The van der Waals surface area contributed by atoms with Crippen LogP contribution in [0.4, 0.5) is 5.95 Å². The van der Waals surface area contributed by atoms with Gasteiger partial charge < -0.3 is 15.5 Å². The minimum atomic E-state index is -0.597. The molecule has 2 N–H and O–H groups in total. The molecule has 0 saturated carbocycles. The molecular weight excluding hydrogens is 349 g/mol. The number of carbonyl (C=O) groups is 1. The van der Waals surface area contributed by atoms with Crippen LogP contribution in [0, 0.1) is 0 Å². The average molecular weight is 370 g/mol. The van der Waals surface area contributed by atoms with E-state index in [9.17, 15) is 4.79 Å². The molecule has 1 aromatic heterocycles. The van der Waals surface area contributed by atoms with E-state index in [1.165, 1.54) is 0 Å². The summed E-state index contributed by atoms with van der Waals surface area (Å²) in [5, 5.41) is 0. The Morgan fingerprint density at radius 3 is 2.12 bits per heavy atom. The third-order valence-corrected chi connectivity index (χ3v) is 3.85. The summed E-state index contributed by atoms with van der Waals surface area (Å²) in [6, 6.07) is 10.7. The highest BCUT2D eigenvalue weighted by Gasteiger charge is 2.26. The molecule has 3 rings (SSSR count). The summed E-state index contributed by atoms with van der Waals surface area (Å²) in [7, 11) is 0. The van der Waals surface area contributed by atoms with Gasteiger partial charge in [0.25, 0.3) is 0 Å². The van der Waals surface area contributed by atoms with Gasteiger partial charge in [0.05, 0.1) is 0 Å². The van der Waals surface area contributed by atoms with Gasteiger partial charge in [-0.05, 0) is 11.6 Å². The van der Waals surface area contributed by atoms with E-state index < -0.39 is 6.04 Å². The Morgan fingerprint density at radius 2 is 1.54 bits per heavy atom. The number of piperazine rings is 1. The molecule has 8 heteroatoms. The van der Waals surface area contributed by atoms with Gasteiger partial charge in [0.2, 0.25) is 11.9 Å². The summed E-state index contributed by atoms with van der Waals surface area (Å²) in [4.78, 5) is 24.9. The zero-order chi connectivity index (χ0) is 15.4. The molecule has 6 nitrogen and oxygen atoms in total. The first kappa shape index (κ1) is 20.2. The second-order valence-electron chi connectivity index (χ2n) is 5.25. The highest BCUT2D eigenvalue weighted by atomic mass is 35.5. The van der Waals surface area contributed by atoms with Gasteiger partial charge in [-0.3, -0.25) is 4.79 Å². The monoisotopic (exact) mass is 369 g/mol. The van der Waals surface area contributed by atoms with E-state index in [2.05, 4.69) is 14.9 Å². The van der Waals surface area contributed by atoms with Crippen molar-refractivity contribution < 1.29 is 4.79 Å². The molecule has 2 aromatic rings. The van der Waals surface area contributed by atoms with Crippen molar-refractivity contribution in [2.24, 2.45) is 5.73 Å². The maximum absolute atomic E-state index is 12.5. The van der Waals surface area contributed by atoms with Crippen LogP contribution in [0.5, 0.6) is 0 Å². The Labute approximate surface area is 153 Å². The Hall–Kier alpha value is -1.89. The molecule has 0 bridgehead atoms. The number of anilines is 1. The summed E-state index contributed by atoms with van der Waals surface area (Å²) in [6.07, 6.45) is 3.45. The fourth-order valence-electron chi connectivity index (χ4n) is 2.58. The molecule has 24 heavy (non-hydrogen) atoms. The van der Waals surface area contributed by atoms with Gasteiger partial charge in [-0.25, -0.2) is 9.97 Å². The first-order valence-electron chi connectivity index (χ1n) is 7.37. The minimum Gasteiger partial charge on any atom is -0.337 e. The third kappa shape index (κ3) is 4.56. The lowest BCUT2D eigenvalue weighted by Gasteiger charge is -2.35. The topological polar surface area (TPSA) is 75.4 Å². The molecule has 1 aliphatic heterocycles. The summed E-state index contributed by atoms with van der Waals surface area (Å²) < 4.78 is 0. The smallest absolute Gasteiger partial charge is 0.244 e. The minimum absolute atomic E-state index is 0. The molecule has 2 heterocycles. The van der Waals surface area contributed by atoms with Gasteiger partial charge in [0, 0.05) is 38.6 Å². The summed E-state index contributed by atoms with van der Waals surface area (Å²) in [5.74, 6) is 0.682. The van der Waals surface area contributed by atoms with E-state index in [4.69, 9.17) is 5.73 Å². The van der Waals surface area contributed by atoms with Crippen LogP contribution in [-0.4, -0.2) is 47.0 Å². The number of carbonyl (C=O) groups excluding carboxylic acids is 1. The zero-order valence-corrected chi connectivity index (χ0v) is 14.7. The molecule has 1 saturated heterocycles. The van der Waals surface area contributed by atoms with Gasteiger partial charge in [-0.15, -0.1) is 24.8 Å².